The van der Waals surface area contributed by atoms with Gasteiger partial charge >= 0.3 is 0 Å². The molecule has 8 nitrogen and oxygen atoms in total. The van der Waals surface area contributed by atoms with Crippen LogP contribution in [0.3, 0.4) is 0 Å². The second-order valence-electron chi connectivity index (χ2n) is 9.79. The van der Waals surface area contributed by atoms with Crippen LogP contribution in [-0.4, -0.2) is 45.6 Å². The van der Waals surface area contributed by atoms with Gasteiger partial charge in [-0.3, -0.25) is 19.7 Å². The van der Waals surface area contributed by atoms with Crippen LogP contribution < -0.4 is 16.0 Å². The van der Waals surface area contributed by atoms with Crippen LogP contribution in [0.2, 0.25) is 0 Å². The lowest BCUT2D eigenvalue weighted by Gasteiger charge is -2.18. The van der Waals surface area contributed by atoms with Crippen molar-refractivity contribution in [3.63, 3.8) is 0 Å². The third kappa shape index (κ3) is 7.24. The first-order valence-corrected chi connectivity index (χ1v) is 12.8. The lowest BCUT2D eigenvalue weighted by Crippen LogP contribution is -2.46. The molecule has 8 heteroatoms. The van der Waals surface area contributed by atoms with E-state index in [0.717, 1.165) is 24.9 Å². The first-order chi connectivity index (χ1) is 17.5. The van der Waals surface area contributed by atoms with E-state index in [1.54, 1.807) is 18.5 Å². The molecule has 3 atom stereocenters. The van der Waals surface area contributed by atoms with Gasteiger partial charge in [-0.2, -0.15) is 5.10 Å². The maximum atomic E-state index is 12.9. The summed E-state index contributed by atoms with van der Waals surface area (Å²) in [4.78, 5) is 29.4. The lowest BCUT2D eigenvalue weighted by molar-refractivity contribution is -0.123. The van der Waals surface area contributed by atoms with Gasteiger partial charge in [-0.15, -0.1) is 0 Å². The largest absolute Gasteiger partial charge is 0.350 e. The summed E-state index contributed by atoms with van der Waals surface area (Å²) in [5, 5.41) is 15.9. The second-order valence-corrected chi connectivity index (χ2v) is 9.79. The number of unbranched alkanes of at least 4 members (excludes halogenated alkanes) is 1. The molecule has 3 aromatic rings. The van der Waals surface area contributed by atoms with Gasteiger partial charge in [-0.05, 0) is 73.0 Å². The van der Waals surface area contributed by atoms with E-state index in [1.807, 2.05) is 12.1 Å². The summed E-state index contributed by atoms with van der Waals surface area (Å²) in [5.41, 5.74) is 4.08. The zero-order chi connectivity index (χ0) is 25.3. The van der Waals surface area contributed by atoms with Crippen molar-refractivity contribution in [2.75, 3.05) is 6.54 Å². The quantitative estimate of drug-likeness (QED) is 0.274. The van der Waals surface area contributed by atoms with Gasteiger partial charge in [0.1, 0.15) is 11.7 Å². The van der Waals surface area contributed by atoms with Gasteiger partial charge in [-0.1, -0.05) is 38.1 Å². The SMILES string of the molecule is CC(C)c1ccc(C2CC2NCCCCC(NC(=O)c2ccn[nH]2)C(=O)NCc2ccncc2)cc1. The fraction of sp³-hybridized carbons (Fsp3) is 0.429. The van der Waals surface area contributed by atoms with Crippen LogP contribution >= 0.6 is 0 Å². The molecular formula is C28H36N6O2. The first kappa shape index (κ1) is 25.6. The summed E-state index contributed by atoms with van der Waals surface area (Å²) in [7, 11) is 0. The molecule has 1 aliphatic rings. The Labute approximate surface area is 212 Å². The number of carbonyl (C=O) groups excluding carboxylic acids is 2. The molecule has 4 rings (SSSR count). The number of nitrogens with one attached hydrogen (secondary N) is 4. The molecule has 0 radical (unpaired) electrons. The van der Waals surface area contributed by atoms with E-state index in [0.29, 0.717) is 36.5 Å². The van der Waals surface area contributed by atoms with Gasteiger partial charge < -0.3 is 16.0 Å². The molecule has 1 fully saturated rings. The van der Waals surface area contributed by atoms with E-state index >= 15 is 0 Å². The number of benzene rings is 1. The molecule has 2 aromatic heterocycles. The number of hydrogen-bond donors (Lipinski definition) is 4. The van der Waals surface area contributed by atoms with Gasteiger partial charge in [0.25, 0.3) is 5.91 Å². The molecule has 2 heterocycles. The lowest BCUT2D eigenvalue weighted by atomic mass is 10.0. The van der Waals surface area contributed by atoms with Crippen molar-refractivity contribution < 1.29 is 9.59 Å². The third-order valence-corrected chi connectivity index (χ3v) is 6.73. The van der Waals surface area contributed by atoms with Gasteiger partial charge in [0.15, 0.2) is 0 Å². The summed E-state index contributed by atoms with van der Waals surface area (Å²) in [6.45, 7) is 5.72. The van der Waals surface area contributed by atoms with Gasteiger partial charge in [0.2, 0.25) is 5.91 Å². The van der Waals surface area contributed by atoms with Crippen LogP contribution in [-0.2, 0) is 11.3 Å². The Kier molecular flexibility index (Phi) is 8.84. The number of aromatic nitrogens is 3. The second kappa shape index (κ2) is 12.4. The monoisotopic (exact) mass is 488 g/mol. The van der Waals surface area contributed by atoms with E-state index in [4.69, 9.17) is 0 Å². The number of hydrogen-bond acceptors (Lipinski definition) is 5. The van der Waals surface area contributed by atoms with Crippen molar-refractivity contribution in [2.45, 2.75) is 70.0 Å². The van der Waals surface area contributed by atoms with Gasteiger partial charge in [-0.25, -0.2) is 0 Å². The molecule has 4 N–H and O–H groups in total. The molecular weight excluding hydrogens is 452 g/mol. The summed E-state index contributed by atoms with van der Waals surface area (Å²) in [6, 6.07) is 14.2. The summed E-state index contributed by atoms with van der Waals surface area (Å²) >= 11 is 0. The van der Waals surface area contributed by atoms with Crippen molar-refractivity contribution in [2.24, 2.45) is 0 Å². The minimum atomic E-state index is -0.615. The van der Waals surface area contributed by atoms with E-state index in [-0.39, 0.29) is 11.8 Å². The molecule has 2 amide bonds. The molecule has 1 saturated carbocycles. The zero-order valence-corrected chi connectivity index (χ0v) is 21.0. The predicted octanol–water partition coefficient (Wildman–Crippen LogP) is 3.66. The molecule has 0 aliphatic heterocycles. The van der Waals surface area contributed by atoms with Crippen molar-refractivity contribution in [3.05, 3.63) is 83.4 Å². The molecule has 1 aromatic carbocycles. The Morgan fingerprint density at radius 1 is 1.03 bits per heavy atom. The fourth-order valence-corrected chi connectivity index (χ4v) is 4.38. The number of H-pyrrole nitrogens is 1. The predicted molar refractivity (Wildman–Crippen MR) is 139 cm³/mol. The van der Waals surface area contributed by atoms with Crippen molar-refractivity contribution >= 4 is 11.8 Å². The average Bonchev–Trinajstić information content (AvgIpc) is 3.45. The Morgan fingerprint density at radius 3 is 2.50 bits per heavy atom. The van der Waals surface area contributed by atoms with Crippen LogP contribution in [0.4, 0.5) is 0 Å². The molecule has 0 saturated heterocycles. The minimum absolute atomic E-state index is 0.195. The maximum Gasteiger partial charge on any atom is 0.269 e. The number of rotatable bonds is 13. The summed E-state index contributed by atoms with van der Waals surface area (Å²) in [6.07, 6.45) is 8.39. The number of amides is 2. The minimum Gasteiger partial charge on any atom is -0.350 e. The van der Waals surface area contributed by atoms with Crippen molar-refractivity contribution in [1.29, 1.82) is 0 Å². The Balaban J connectivity index is 1.21. The zero-order valence-electron chi connectivity index (χ0n) is 21.0. The number of aromatic amines is 1. The van der Waals surface area contributed by atoms with Crippen molar-refractivity contribution in [3.8, 4) is 0 Å². The molecule has 1 aliphatic carbocycles. The Morgan fingerprint density at radius 2 is 1.81 bits per heavy atom. The third-order valence-electron chi connectivity index (χ3n) is 6.73. The molecule has 0 spiro atoms. The van der Waals surface area contributed by atoms with Crippen molar-refractivity contribution in [1.82, 2.24) is 31.1 Å². The van der Waals surface area contributed by atoms with Crippen LogP contribution in [0.15, 0.2) is 61.1 Å². The van der Waals surface area contributed by atoms with E-state index < -0.39 is 6.04 Å². The van der Waals surface area contributed by atoms with Gasteiger partial charge in [0.05, 0.1) is 0 Å². The van der Waals surface area contributed by atoms with Gasteiger partial charge in [0, 0.05) is 37.1 Å². The standard InChI is InChI=1S/C28H36N6O2/c1-19(2)21-6-8-22(9-7-21)23-17-26(23)30-13-4-3-5-24(33-28(36)25-12-16-32-34-25)27(35)31-18-20-10-14-29-15-11-20/h6-12,14-16,19,23-24,26,30H,3-5,13,17-18H2,1-2H3,(H,31,35)(H,32,34)(H,33,36). The number of carbonyl (C=O) groups is 2. The fourth-order valence-electron chi connectivity index (χ4n) is 4.38. The van der Waals surface area contributed by atoms with Crippen LogP contribution in [0, 0.1) is 0 Å². The Hall–Kier alpha value is -3.52. The number of pyridine rings is 1. The van der Waals surface area contributed by atoms with Crippen LogP contribution in [0.1, 0.15) is 78.5 Å². The summed E-state index contributed by atoms with van der Waals surface area (Å²) < 4.78 is 0. The molecule has 36 heavy (non-hydrogen) atoms. The highest BCUT2D eigenvalue weighted by Gasteiger charge is 2.37. The van der Waals surface area contributed by atoms with Crippen LogP contribution in [0.25, 0.3) is 0 Å². The first-order valence-electron chi connectivity index (χ1n) is 12.8. The molecule has 3 unspecified atom stereocenters. The van der Waals surface area contributed by atoms with E-state index in [9.17, 15) is 9.59 Å². The average molecular weight is 489 g/mol. The van der Waals surface area contributed by atoms with E-state index in [2.05, 4.69) is 69.2 Å². The maximum absolute atomic E-state index is 12.9. The topological polar surface area (TPSA) is 112 Å². The molecule has 0 bridgehead atoms. The normalized spacial score (nSPS) is 17.5. The Bertz CT molecular complexity index is 1100. The smallest absolute Gasteiger partial charge is 0.269 e. The highest BCUT2D eigenvalue weighted by Crippen LogP contribution is 2.41. The van der Waals surface area contributed by atoms with E-state index in [1.165, 1.54) is 23.7 Å². The highest BCUT2D eigenvalue weighted by atomic mass is 16.2. The molecule has 190 valence electrons. The summed E-state index contributed by atoms with van der Waals surface area (Å²) in [5.74, 6) is 0.614. The van der Waals surface area contributed by atoms with Crippen LogP contribution in [0.5, 0.6) is 0 Å². The highest BCUT2D eigenvalue weighted by molar-refractivity contribution is 5.96. The number of nitrogens with zero attached hydrogens (tertiary/aromatic N) is 2.